The van der Waals surface area contributed by atoms with Gasteiger partial charge in [0.25, 0.3) is 0 Å². The fraction of sp³-hybridized carbons (Fsp3) is 0.250. The lowest BCUT2D eigenvalue weighted by Gasteiger charge is -2.10. The number of aryl methyl sites for hydroxylation is 1. The van der Waals surface area contributed by atoms with E-state index in [0.717, 1.165) is 36.2 Å². The van der Waals surface area contributed by atoms with E-state index < -0.39 is 0 Å². The Morgan fingerprint density at radius 3 is 2.71 bits per heavy atom. The average molecular weight is 435 g/mol. The number of aromatic nitrogens is 3. The summed E-state index contributed by atoms with van der Waals surface area (Å²) in [6, 6.07) is 13.0. The van der Waals surface area contributed by atoms with Crippen molar-refractivity contribution in [2.24, 2.45) is 5.10 Å². The molecule has 0 aliphatic carbocycles. The van der Waals surface area contributed by atoms with E-state index in [1.807, 2.05) is 24.3 Å². The molecule has 28 heavy (non-hydrogen) atoms. The molecule has 0 amide bonds. The second-order valence-corrected chi connectivity index (χ2v) is 7.37. The van der Waals surface area contributed by atoms with Crippen molar-refractivity contribution < 1.29 is 4.74 Å². The van der Waals surface area contributed by atoms with E-state index in [-0.39, 0.29) is 6.61 Å². The number of nitrogens with zero attached hydrogens (tertiary/aromatic N) is 3. The van der Waals surface area contributed by atoms with Gasteiger partial charge in [0.05, 0.1) is 6.21 Å². The van der Waals surface area contributed by atoms with E-state index in [9.17, 15) is 0 Å². The maximum atomic E-state index is 6.19. The fourth-order valence-electron chi connectivity index (χ4n) is 2.57. The number of aromatic amines is 1. The number of halogens is 2. The van der Waals surface area contributed by atoms with E-state index in [1.165, 1.54) is 0 Å². The topological polar surface area (TPSA) is 55.2 Å². The van der Waals surface area contributed by atoms with Crippen molar-refractivity contribution >= 4 is 41.6 Å². The first-order valence-corrected chi connectivity index (χ1v) is 10.1. The molecule has 3 rings (SSSR count). The molecule has 8 heteroatoms. The van der Waals surface area contributed by atoms with Gasteiger partial charge in [-0.2, -0.15) is 14.9 Å². The first-order chi connectivity index (χ1) is 13.6. The van der Waals surface area contributed by atoms with Gasteiger partial charge >= 0.3 is 0 Å². The summed E-state index contributed by atoms with van der Waals surface area (Å²) in [6.07, 6.45) is 4.67. The molecule has 5 nitrogen and oxygen atoms in total. The van der Waals surface area contributed by atoms with Crippen molar-refractivity contribution in [3.63, 3.8) is 0 Å². The summed E-state index contributed by atoms with van der Waals surface area (Å²) in [5.74, 6) is 1.52. The summed E-state index contributed by atoms with van der Waals surface area (Å²) in [6.45, 7) is 2.42. The molecule has 0 spiro atoms. The minimum Gasteiger partial charge on any atom is -0.489 e. The summed E-state index contributed by atoms with van der Waals surface area (Å²) in [5, 5.41) is 12.7. The van der Waals surface area contributed by atoms with Gasteiger partial charge in [0.2, 0.25) is 4.77 Å². The quantitative estimate of drug-likeness (QED) is 0.346. The van der Waals surface area contributed by atoms with Crippen molar-refractivity contribution in [1.29, 1.82) is 0 Å². The van der Waals surface area contributed by atoms with Crippen LogP contribution in [0.1, 0.15) is 36.7 Å². The third-order valence-electron chi connectivity index (χ3n) is 4.10. The summed E-state index contributed by atoms with van der Waals surface area (Å²) >= 11 is 17.7. The van der Waals surface area contributed by atoms with Gasteiger partial charge in [0.15, 0.2) is 5.82 Å². The van der Waals surface area contributed by atoms with Crippen LogP contribution in [0.5, 0.6) is 5.75 Å². The van der Waals surface area contributed by atoms with Gasteiger partial charge in [-0.25, -0.2) is 0 Å². The maximum Gasteiger partial charge on any atom is 0.216 e. The van der Waals surface area contributed by atoms with Gasteiger partial charge < -0.3 is 4.74 Å². The van der Waals surface area contributed by atoms with E-state index in [4.69, 9.17) is 40.2 Å². The highest BCUT2D eigenvalue weighted by molar-refractivity contribution is 7.71. The van der Waals surface area contributed by atoms with Crippen molar-refractivity contribution in [2.75, 3.05) is 0 Å². The van der Waals surface area contributed by atoms with Gasteiger partial charge in [-0.3, -0.25) is 5.10 Å². The SMILES string of the molecule is CCCCc1n[nH]c(=S)n1/N=C/c1cccc(OCc2c(Cl)cccc2Cl)c1. The van der Waals surface area contributed by atoms with Crippen molar-refractivity contribution in [3.8, 4) is 5.75 Å². The minimum atomic E-state index is 0.285. The van der Waals surface area contributed by atoms with Crippen LogP contribution in [0.3, 0.4) is 0 Å². The molecule has 0 saturated heterocycles. The molecule has 1 N–H and O–H groups in total. The van der Waals surface area contributed by atoms with Gasteiger partial charge in [0, 0.05) is 22.0 Å². The Morgan fingerprint density at radius 1 is 1.21 bits per heavy atom. The first-order valence-electron chi connectivity index (χ1n) is 8.95. The smallest absolute Gasteiger partial charge is 0.216 e. The second kappa shape index (κ2) is 9.87. The molecule has 0 fully saturated rings. The Morgan fingerprint density at radius 2 is 1.96 bits per heavy atom. The normalized spacial score (nSPS) is 11.2. The van der Waals surface area contributed by atoms with E-state index >= 15 is 0 Å². The minimum absolute atomic E-state index is 0.285. The van der Waals surface area contributed by atoms with Crippen LogP contribution in [-0.4, -0.2) is 21.1 Å². The summed E-state index contributed by atoms with van der Waals surface area (Å²) < 4.78 is 7.99. The molecule has 0 bridgehead atoms. The van der Waals surface area contributed by atoms with Crippen LogP contribution < -0.4 is 4.74 Å². The van der Waals surface area contributed by atoms with Crippen LogP contribution in [0.2, 0.25) is 10.0 Å². The predicted molar refractivity (Wildman–Crippen MR) is 116 cm³/mol. The number of nitrogens with one attached hydrogen (secondary N) is 1. The van der Waals surface area contributed by atoms with Crippen molar-refractivity contribution in [3.05, 3.63) is 74.2 Å². The van der Waals surface area contributed by atoms with Crippen molar-refractivity contribution in [1.82, 2.24) is 14.9 Å². The molecular weight excluding hydrogens is 415 g/mol. The lowest BCUT2D eigenvalue weighted by molar-refractivity contribution is 0.306. The lowest BCUT2D eigenvalue weighted by Crippen LogP contribution is -2.00. The molecule has 3 aromatic rings. The Labute approximate surface area is 179 Å². The van der Waals surface area contributed by atoms with Crippen LogP contribution in [-0.2, 0) is 13.0 Å². The van der Waals surface area contributed by atoms with E-state index in [1.54, 1.807) is 29.1 Å². The monoisotopic (exact) mass is 434 g/mol. The third-order valence-corrected chi connectivity index (χ3v) is 5.07. The van der Waals surface area contributed by atoms with Crippen LogP contribution in [0.15, 0.2) is 47.6 Å². The summed E-state index contributed by atoms with van der Waals surface area (Å²) in [7, 11) is 0. The lowest BCUT2D eigenvalue weighted by atomic mass is 10.2. The van der Waals surface area contributed by atoms with Crippen LogP contribution in [0.25, 0.3) is 0 Å². The first kappa shape index (κ1) is 20.6. The van der Waals surface area contributed by atoms with Gasteiger partial charge in [-0.1, -0.05) is 54.7 Å². The van der Waals surface area contributed by atoms with E-state index in [0.29, 0.717) is 20.6 Å². The Balaban J connectivity index is 1.73. The average Bonchev–Trinajstić information content (AvgIpc) is 3.04. The Hall–Kier alpha value is -2.15. The second-order valence-electron chi connectivity index (χ2n) is 6.17. The number of H-pyrrole nitrogens is 1. The molecule has 0 atom stereocenters. The number of hydrogen-bond acceptors (Lipinski definition) is 4. The zero-order valence-electron chi connectivity index (χ0n) is 15.4. The number of benzene rings is 2. The highest BCUT2D eigenvalue weighted by atomic mass is 35.5. The number of hydrogen-bond donors (Lipinski definition) is 1. The maximum absolute atomic E-state index is 6.19. The molecule has 0 unspecified atom stereocenters. The largest absolute Gasteiger partial charge is 0.489 e. The molecule has 0 aliphatic rings. The zero-order chi connectivity index (χ0) is 19.9. The molecule has 0 saturated carbocycles. The summed E-state index contributed by atoms with van der Waals surface area (Å²) in [5.41, 5.74) is 1.64. The molecule has 146 valence electrons. The predicted octanol–water partition coefficient (Wildman–Crippen LogP) is 6.05. The Kier molecular flexibility index (Phi) is 7.25. The summed E-state index contributed by atoms with van der Waals surface area (Å²) in [4.78, 5) is 0. The zero-order valence-corrected chi connectivity index (χ0v) is 17.7. The van der Waals surface area contributed by atoms with E-state index in [2.05, 4.69) is 22.2 Å². The highest BCUT2D eigenvalue weighted by Crippen LogP contribution is 2.26. The molecule has 1 aromatic heterocycles. The highest BCUT2D eigenvalue weighted by Gasteiger charge is 2.07. The van der Waals surface area contributed by atoms with Gasteiger partial charge in [-0.15, -0.1) is 0 Å². The van der Waals surface area contributed by atoms with Crippen LogP contribution in [0.4, 0.5) is 0 Å². The number of ether oxygens (including phenoxy) is 1. The molecule has 0 radical (unpaired) electrons. The molecule has 1 heterocycles. The van der Waals surface area contributed by atoms with Crippen molar-refractivity contribution in [2.45, 2.75) is 32.8 Å². The van der Waals surface area contributed by atoms with Crippen LogP contribution in [0, 0.1) is 4.77 Å². The molecular formula is C20H20Cl2N4OS. The third kappa shape index (κ3) is 5.22. The molecule has 2 aromatic carbocycles. The van der Waals surface area contributed by atoms with Gasteiger partial charge in [-0.05, 0) is 48.5 Å². The Bertz CT molecular complexity index is 1010. The van der Waals surface area contributed by atoms with Crippen LogP contribution >= 0.6 is 35.4 Å². The standard InChI is InChI=1S/C20H20Cl2N4OS/c1-2-3-10-19-24-25-20(28)26(19)23-12-14-6-4-7-15(11-14)27-13-16-17(21)8-5-9-18(16)22/h4-9,11-12H,2-3,10,13H2,1H3,(H,25,28)/b23-12+. The fourth-order valence-corrected chi connectivity index (χ4v) is 3.28. The van der Waals surface area contributed by atoms with Gasteiger partial charge in [0.1, 0.15) is 12.4 Å². The number of unbranched alkanes of at least 4 members (excludes halogenated alkanes) is 1. The molecule has 0 aliphatic heterocycles. The number of rotatable bonds is 8.